The van der Waals surface area contributed by atoms with Crippen LogP contribution in [-0.2, 0) is 15.8 Å². The van der Waals surface area contributed by atoms with Gasteiger partial charge < -0.3 is 14.6 Å². The van der Waals surface area contributed by atoms with Gasteiger partial charge in [0.25, 0.3) is 11.7 Å². The number of aliphatic hydroxyl groups is 1. The number of alkyl halides is 3. The van der Waals surface area contributed by atoms with Crippen LogP contribution in [0.2, 0.25) is 0 Å². The number of aryl methyl sites for hydroxylation is 1. The topological polar surface area (TPSA) is 76.1 Å². The summed E-state index contributed by atoms with van der Waals surface area (Å²) in [6, 6.07) is 14.4. The number of anilines is 1. The number of hydrogen-bond donors (Lipinski definition) is 1. The Bertz CT molecular complexity index is 1360. The zero-order chi connectivity index (χ0) is 26.2. The van der Waals surface area contributed by atoms with Gasteiger partial charge in [0.05, 0.1) is 37.0 Å². The zero-order valence-electron chi connectivity index (χ0n) is 19.6. The average molecular weight is 497 g/mol. The lowest BCUT2D eigenvalue weighted by molar-refractivity contribution is -0.137. The molecule has 1 fully saturated rings. The van der Waals surface area contributed by atoms with E-state index in [0.29, 0.717) is 11.3 Å². The van der Waals surface area contributed by atoms with Crippen LogP contribution in [0.5, 0.6) is 11.5 Å². The molecule has 0 spiro atoms. The van der Waals surface area contributed by atoms with Crippen molar-refractivity contribution in [2.45, 2.75) is 19.1 Å². The monoisotopic (exact) mass is 497 g/mol. The number of carbonyl (C=O) groups excluding carboxylic acids is 2. The molecule has 1 heterocycles. The van der Waals surface area contributed by atoms with E-state index >= 15 is 0 Å². The predicted molar refractivity (Wildman–Crippen MR) is 127 cm³/mol. The maximum atomic E-state index is 13.3. The molecule has 1 unspecified atom stereocenters. The summed E-state index contributed by atoms with van der Waals surface area (Å²) >= 11 is 0. The van der Waals surface area contributed by atoms with Gasteiger partial charge in [-0.2, -0.15) is 13.2 Å². The third kappa shape index (κ3) is 4.39. The largest absolute Gasteiger partial charge is 0.507 e. The van der Waals surface area contributed by atoms with Crippen molar-refractivity contribution in [3.63, 3.8) is 0 Å². The molecule has 9 heteroatoms. The van der Waals surface area contributed by atoms with Crippen LogP contribution in [0.3, 0.4) is 0 Å². The first-order chi connectivity index (χ1) is 17.1. The molecule has 0 bridgehead atoms. The minimum Gasteiger partial charge on any atom is -0.507 e. The Morgan fingerprint density at radius 1 is 0.944 bits per heavy atom. The molecule has 3 aromatic rings. The Morgan fingerprint density at radius 3 is 2.22 bits per heavy atom. The first-order valence-corrected chi connectivity index (χ1v) is 10.8. The Morgan fingerprint density at radius 2 is 1.64 bits per heavy atom. The smallest absolute Gasteiger partial charge is 0.416 e. The van der Waals surface area contributed by atoms with Crippen LogP contribution >= 0.6 is 0 Å². The first-order valence-electron chi connectivity index (χ1n) is 10.8. The van der Waals surface area contributed by atoms with E-state index in [1.165, 1.54) is 20.3 Å². The molecule has 1 amide bonds. The minimum atomic E-state index is -4.56. The number of hydrogen-bond acceptors (Lipinski definition) is 5. The molecular formula is C27H22F3NO5. The molecule has 1 N–H and O–H groups in total. The number of ether oxygens (including phenoxy) is 2. The number of methoxy groups -OCH3 is 2. The fourth-order valence-corrected chi connectivity index (χ4v) is 4.21. The van der Waals surface area contributed by atoms with Crippen LogP contribution in [0.1, 0.15) is 28.3 Å². The summed E-state index contributed by atoms with van der Waals surface area (Å²) < 4.78 is 49.9. The zero-order valence-corrected chi connectivity index (χ0v) is 19.6. The summed E-state index contributed by atoms with van der Waals surface area (Å²) in [4.78, 5) is 27.6. The molecule has 1 atom stereocenters. The van der Waals surface area contributed by atoms with Crippen LogP contribution in [-0.4, -0.2) is 31.0 Å². The summed E-state index contributed by atoms with van der Waals surface area (Å²) in [7, 11) is 2.82. The van der Waals surface area contributed by atoms with E-state index in [2.05, 4.69) is 0 Å². The van der Waals surface area contributed by atoms with E-state index in [1.54, 1.807) is 30.3 Å². The molecule has 0 saturated carbocycles. The molecule has 4 rings (SSSR count). The van der Waals surface area contributed by atoms with Crippen molar-refractivity contribution in [2.75, 3.05) is 19.1 Å². The summed E-state index contributed by atoms with van der Waals surface area (Å²) in [6.07, 6.45) is -4.56. The van der Waals surface area contributed by atoms with Gasteiger partial charge in [0.15, 0.2) is 0 Å². The van der Waals surface area contributed by atoms with Gasteiger partial charge in [0.2, 0.25) is 0 Å². The van der Waals surface area contributed by atoms with E-state index in [1.807, 2.05) is 13.0 Å². The predicted octanol–water partition coefficient (Wildman–Crippen LogP) is 5.66. The number of nitrogens with zero attached hydrogens (tertiary/aromatic N) is 1. The number of carbonyl (C=O) groups is 2. The highest BCUT2D eigenvalue weighted by molar-refractivity contribution is 6.51. The quantitative estimate of drug-likeness (QED) is 0.280. The van der Waals surface area contributed by atoms with Crippen LogP contribution in [0, 0.1) is 6.92 Å². The Balaban J connectivity index is 1.95. The third-order valence-corrected chi connectivity index (χ3v) is 5.94. The van der Waals surface area contributed by atoms with Crippen molar-refractivity contribution in [3.8, 4) is 11.5 Å². The molecule has 3 aromatic carbocycles. The number of Topliss-reactive ketones (excluding diaryl/α,β-unsaturated/α-hetero) is 1. The second-order valence-corrected chi connectivity index (χ2v) is 8.19. The van der Waals surface area contributed by atoms with Crippen LogP contribution in [0.25, 0.3) is 5.76 Å². The van der Waals surface area contributed by atoms with Gasteiger partial charge in [-0.05, 0) is 55.0 Å². The molecule has 1 aliphatic rings. The highest BCUT2D eigenvalue weighted by Crippen LogP contribution is 2.44. The van der Waals surface area contributed by atoms with Crippen molar-refractivity contribution in [1.82, 2.24) is 0 Å². The van der Waals surface area contributed by atoms with Gasteiger partial charge in [0, 0.05) is 5.69 Å². The molecule has 6 nitrogen and oxygen atoms in total. The van der Waals surface area contributed by atoms with Crippen LogP contribution in [0.4, 0.5) is 18.9 Å². The average Bonchev–Trinajstić information content (AvgIpc) is 3.13. The van der Waals surface area contributed by atoms with Crippen molar-refractivity contribution < 1.29 is 37.3 Å². The maximum absolute atomic E-state index is 13.3. The van der Waals surface area contributed by atoms with Gasteiger partial charge in [-0.3, -0.25) is 14.5 Å². The third-order valence-electron chi connectivity index (χ3n) is 5.94. The van der Waals surface area contributed by atoms with Gasteiger partial charge >= 0.3 is 6.18 Å². The highest BCUT2D eigenvalue weighted by Gasteiger charge is 2.47. The molecule has 186 valence electrons. The molecular weight excluding hydrogens is 475 g/mol. The molecule has 1 saturated heterocycles. The van der Waals surface area contributed by atoms with E-state index in [9.17, 15) is 27.9 Å². The van der Waals surface area contributed by atoms with E-state index < -0.39 is 35.2 Å². The van der Waals surface area contributed by atoms with E-state index in [0.717, 1.165) is 34.7 Å². The van der Waals surface area contributed by atoms with E-state index in [4.69, 9.17) is 9.47 Å². The molecule has 0 aliphatic carbocycles. The number of halogens is 3. The van der Waals surface area contributed by atoms with Gasteiger partial charge in [0.1, 0.15) is 17.3 Å². The summed E-state index contributed by atoms with van der Waals surface area (Å²) in [5.74, 6) is -1.85. The lowest BCUT2D eigenvalue weighted by Crippen LogP contribution is -2.29. The fraction of sp³-hybridized carbons (Fsp3) is 0.185. The highest BCUT2D eigenvalue weighted by atomic mass is 19.4. The van der Waals surface area contributed by atoms with Crippen molar-refractivity contribution in [1.29, 1.82) is 0 Å². The second kappa shape index (κ2) is 9.41. The molecule has 0 aromatic heterocycles. The molecule has 36 heavy (non-hydrogen) atoms. The standard InChI is InChI=1S/C27H22F3NO5/c1-15-5-4-6-16(13-15)23-22(24(32)20-14-19(35-2)11-12-21(20)36-3)25(33)26(34)31(23)18-9-7-17(8-10-18)27(28,29)30/h4-14,23,32H,1-3H3/b24-22+. The van der Waals surface area contributed by atoms with E-state index in [-0.39, 0.29) is 22.6 Å². The lowest BCUT2D eigenvalue weighted by Gasteiger charge is -2.26. The summed E-state index contributed by atoms with van der Waals surface area (Å²) in [5.41, 5.74) is 0.406. The number of rotatable bonds is 5. The SMILES string of the molecule is COc1ccc(OC)c(/C(O)=C2\C(=O)C(=O)N(c3ccc(C(F)(F)F)cc3)C2c2cccc(C)c2)c1. The number of aliphatic hydroxyl groups excluding tert-OH is 1. The first kappa shape index (κ1) is 24.8. The molecule has 0 radical (unpaired) electrons. The lowest BCUT2D eigenvalue weighted by atomic mass is 9.94. The number of amides is 1. The second-order valence-electron chi connectivity index (χ2n) is 8.19. The van der Waals surface area contributed by atoms with Gasteiger partial charge in [-0.15, -0.1) is 0 Å². The summed E-state index contributed by atoms with van der Waals surface area (Å²) in [6.45, 7) is 1.82. The fourth-order valence-electron chi connectivity index (χ4n) is 4.21. The minimum absolute atomic E-state index is 0.0771. The van der Waals surface area contributed by atoms with Crippen molar-refractivity contribution in [2.24, 2.45) is 0 Å². The van der Waals surface area contributed by atoms with Crippen molar-refractivity contribution >= 4 is 23.1 Å². The van der Waals surface area contributed by atoms with Crippen molar-refractivity contribution in [3.05, 3.63) is 94.6 Å². The van der Waals surface area contributed by atoms with Crippen LogP contribution in [0.15, 0.2) is 72.3 Å². The van der Waals surface area contributed by atoms with Gasteiger partial charge in [-0.25, -0.2) is 0 Å². The maximum Gasteiger partial charge on any atom is 0.416 e. The Labute approximate surface area is 205 Å². The number of ketones is 1. The Kier molecular flexibility index (Phi) is 6.49. The molecule has 1 aliphatic heterocycles. The normalized spacial score (nSPS) is 17.4. The Hall–Kier alpha value is -4.27. The van der Waals surface area contributed by atoms with Gasteiger partial charge in [-0.1, -0.05) is 29.8 Å². The van der Waals surface area contributed by atoms with Crippen LogP contribution < -0.4 is 14.4 Å². The summed E-state index contributed by atoms with van der Waals surface area (Å²) in [5, 5.41) is 11.4. The number of benzene rings is 3.